The van der Waals surface area contributed by atoms with Gasteiger partial charge in [-0.1, -0.05) is 24.3 Å². The van der Waals surface area contributed by atoms with Crippen molar-refractivity contribution in [1.29, 1.82) is 0 Å². The summed E-state index contributed by atoms with van der Waals surface area (Å²) < 4.78 is 0. The van der Waals surface area contributed by atoms with Crippen molar-refractivity contribution in [2.45, 2.75) is 25.3 Å². The minimum absolute atomic E-state index is 0.418. The Kier molecular flexibility index (Phi) is 2.20. The largest absolute Gasteiger partial charge is 0.312 e. The van der Waals surface area contributed by atoms with E-state index in [1.165, 1.54) is 22.4 Å². The summed E-state index contributed by atoms with van der Waals surface area (Å²) in [4.78, 5) is 9.34. The molecule has 0 saturated heterocycles. The van der Waals surface area contributed by atoms with Crippen LogP contribution in [0.3, 0.4) is 0 Å². The number of benzene rings is 1. The molecule has 3 heteroatoms. The molecule has 0 radical (unpaired) electrons. The number of hydrogen-bond acceptors (Lipinski definition) is 3. The molecule has 90 valence electrons. The molecular weight excluding hydrogens is 222 g/mol. The van der Waals surface area contributed by atoms with Crippen LogP contribution in [0.2, 0.25) is 0 Å². The van der Waals surface area contributed by atoms with Gasteiger partial charge >= 0.3 is 0 Å². The Bertz CT molecular complexity index is 606. The average Bonchev–Trinajstić information content (AvgIpc) is 2.40. The van der Waals surface area contributed by atoms with Crippen molar-refractivity contribution >= 4 is 0 Å². The molecule has 0 bridgehead atoms. The maximum Gasteiger partial charge on any atom is 0.136 e. The van der Waals surface area contributed by atoms with Gasteiger partial charge in [-0.25, -0.2) is 9.97 Å². The molecule has 1 unspecified atom stereocenters. The summed E-state index contributed by atoms with van der Waals surface area (Å²) in [6.45, 7) is 1.95. The third-order valence-electron chi connectivity index (χ3n) is 3.99. The second-order valence-electron chi connectivity index (χ2n) is 5.08. The lowest BCUT2D eigenvalue weighted by atomic mass is 9.77. The number of aromatic nitrogens is 2. The Balaban J connectivity index is 1.71. The molecule has 1 N–H and O–H groups in total. The Morgan fingerprint density at radius 2 is 2.11 bits per heavy atom. The zero-order chi connectivity index (χ0) is 11.9. The van der Waals surface area contributed by atoms with Crippen molar-refractivity contribution in [2.24, 2.45) is 0 Å². The van der Waals surface area contributed by atoms with Gasteiger partial charge in [-0.2, -0.15) is 0 Å². The predicted octanol–water partition coefficient (Wildman–Crippen LogP) is 1.81. The van der Waals surface area contributed by atoms with E-state index in [0.29, 0.717) is 5.92 Å². The van der Waals surface area contributed by atoms with E-state index in [-0.39, 0.29) is 0 Å². The molecular formula is C15H15N3. The van der Waals surface area contributed by atoms with Gasteiger partial charge in [-0.05, 0) is 17.5 Å². The number of nitrogens with zero attached hydrogens (tertiary/aromatic N) is 2. The molecule has 0 fully saturated rings. The van der Waals surface area contributed by atoms with E-state index in [1.807, 2.05) is 6.20 Å². The quantitative estimate of drug-likeness (QED) is 0.822. The van der Waals surface area contributed by atoms with Crippen molar-refractivity contribution < 1.29 is 0 Å². The third-order valence-corrected chi connectivity index (χ3v) is 3.99. The van der Waals surface area contributed by atoms with Crippen LogP contribution in [0, 0.1) is 0 Å². The lowest BCUT2D eigenvalue weighted by molar-refractivity contribution is 0.599. The van der Waals surface area contributed by atoms with Crippen LogP contribution in [0.1, 0.15) is 34.1 Å². The van der Waals surface area contributed by atoms with E-state index < -0.39 is 0 Å². The van der Waals surface area contributed by atoms with Crippen molar-refractivity contribution in [1.82, 2.24) is 15.3 Å². The first-order chi connectivity index (χ1) is 8.92. The third kappa shape index (κ3) is 1.47. The molecule has 0 saturated carbocycles. The monoisotopic (exact) mass is 237 g/mol. The highest BCUT2D eigenvalue weighted by atomic mass is 14.9. The Morgan fingerprint density at radius 1 is 1.17 bits per heavy atom. The second-order valence-corrected chi connectivity index (χ2v) is 5.08. The smallest absolute Gasteiger partial charge is 0.136 e. The summed E-state index contributed by atoms with van der Waals surface area (Å²) in [5.41, 5.74) is 5.36. The maximum atomic E-state index is 4.78. The molecule has 1 aliphatic carbocycles. The van der Waals surface area contributed by atoms with Gasteiger partial charge in [0.2, 0.25) is 0 Å². The number of rotatable bonds is 1. The van der Waals surface area contributed by atoms with E-state index in [4.69, 9.17) is 4.98 Å². The fourth-order valence-corrected chi connectivity index (χ4v) is 2.91. The summed E-state index contributed by atoms with van der Waals surface area (Å²) in [5.74, 6) is 1.43. The zero-order valence-corrected chi connectivity index (χ0v) is 10.2. The summed E-state index contributed by atoms with van der Waals surface area (Å²) >= 11 is 0. The molecule has 1 aliphatic heterocycles. The summed E-state index contributed by atoms with van der Waals surface area (Å²) in [5, 5.41) is 3.35. The fourth-order valence-electron chi connectivity index (χ4n) is 2.91. The van der Waals surface area contributed by atoms with Crippen LogP contribution >= 0.6 is 0 Å². The van der Waals surface area contributed by atoms with Crippen molar-refractivity contribution in [3.05, 3.63) is 58.7 Å². The summed E-state index contributed by atoms with van der Waals surface area (Å²) in [6.07, 6.45) is 4.12. The number of fused-ring (bicyclic) bond motifs is 2. The zero-order valence-electron chi connectivity index (χ0n) is 10.2. The lowest BCUT2D eigenvalue weighted by Crippen LogP contribution is -2.27. The molecule has 2 aliphatic rings. The van der Waals surface area contributed by atoms with Crippen LogP contribution in [0.4, 0.5) is 0 Å². The topological polar surface area (TPSA) is 37.8 Å². The van der Waals surface area contributed by atoms with Gasteiger partial charge < -0.3 is 5.32 Å². The Labute approximate surface area is 106 Å². The molecule has 2 aromatic rings. The highest BCUT2D eigenvalue weighted by molar-refractivity contribution is 5.44. The summed E-state index contributed by atoms with van der Waals surface area (Å²) in [7, 11) is 0. The molecule has 1 atom stereocenters. The van der Waals surface area contributed by atoms with Gasteiger partial charge in [0.15, 0.2) is 0 Å². The first kappa shape index (κ1) is 10.2. The average molecular weight is 237 g/mol. The van der Waals surface area contributed by atoms with Gasteiger partial charge in [0.25, 0.3) is 0 Å². The highest BCUT2D eigenvalue weighted by Gasteiger charge is 2.29. The van der Waals surface area contributed by atoms with E-state index >= 15 is 0 Å². The first-order valence-electron chi connectivity index (χ1n) is 6.55. The van der Waals surface area contributed by atoms with Gasteiger partial charge in [-0.3, -0.25) is 0 Å². The Hall–Kier alpha value is -1.74. The fraction of sp³-hybridized carbons (Fsp3) is 0.333. The number of hydrogen-bond donors (Lipinski definition) is 1. The standard InChI is InChI=1S/C15H15N3/c1-2-4-12-10(3-1)7-13(12)15-17-9-11-8-16-6-5-14(11)18-15/h1-4,9,13,16H,5-8H2. The first-order valence-corrected chi connectivity index (χ1v) is 6.55. The Morgan fingerprint density at radius 3 is 3.06 bits per heavy atom. The molecule has 1 aromatic carbocycles. The van der Waals surface area contributed by atoms with E-state index in [2.05, 4.69) is 34.6 Å². The van der Waals surface area contributed by atoms with Crippen molar-refractivity contribution in [3.63, 3.8) is 0 Å². The van der Waals surface area contributed by atoms with E-state index in [1.54, 1.807) is 0 Å². The van der Waals surface area contributed by atoms with Crippen LogP contribution in [0.25, 0.3) is 0 Å². The van der Waals surface area contributed by atoms with Crippen LogP contribution < -0.4 is 5.32 Å². The second kappa shape index (κ2) is 3.89. The van der Waals surface area contributed by atoms with E-state index in [9.17, 15) is 0 Å². The minimum atomic E-state index is 0.418. The van der Waals surface area contributed by atoms with Crippen LogP contribution in [-0.2, 0) is 19.4 Å². The van der Waals surface area contributed by atoms with Gasteiger partial charge in [0.05, 0.1) is 0 Å². The number of nitrogens with one attached hydrogen (secondary N) is 1. The molecule has 18 heavy (non-hydrogen) atoms. The SMILES string of the molecule is c1ccc2c(c1)CC2c1ncc2c(n1)CCNC2. The molecule has 0 spiro atoms. The van der Waals surface area contributed by atoms with E-state index in [0.717, 1.165) is 31.8 Å². The van der Waals surface area contributed by atoms with Gasteiger partial charge in [-0.15, -0.1) is 0 Å². The van der Waals surface area contributed by atoms with Crippen LogP contribution in [0.15, 0.2) is 30.5 Å². The van der Waals surface area contributed by atoms with Gasteiger partial charge in [0.1, 0.15) is 5.82 Å². The molecule has 3 nitrogen and oxygen atoms in total. The van der Waals surface area contributed by atoms with Crippen molar-refractivity contribution in [2.75, 3.05) is 6.54 Å². The maximum absolute atomic E-state index is 4.78. The highest BCUT2D eigenvalue weighted by Crippen LogP contribution is 2.38. The molecule has 4 rings (SSSR count). The minimum Gasteiger partial charge on any atom is -0.312 e. The molecule has 0 amide bonds. The van der Waals surface area contributed by atoms with Gasteiger partial charge in [0, 0.05) is 42.9 Å². The van der Waals surface area contributed by atoms with Crippen molar-refractivity contribution in [3.8, 4) is 0 Å². The molecule has 2 heterocycles. The summed E-state index contributed by atoms with van der Waals surface area (Å²) in [6, 6.07) is 8.61. The normalized spacial score (nSPS) is 20.8. The molecule has 1 aromatic heterocycles. The van der Waals surface area contributed by atoms with Crippen LogP contribution in [0.5, 0.6) is 0 Å². The van der Waals surface area contributed by atoms with Crippen LogP contribution in [-0.4, -0.2) is 16.5 Å². The predicted molar refractivity (Wildman–Crippen MR) is 69.4 cm³/mol. The lowest BCUT2D eigenvalue weighted by Gasteiger charge is -2.29.